The van der Waals surface area contributed by atoms with E-state index in [0.29, 0.717) is 30.7 Å². The van der Waals surface area contributed by atoms with E-state index in [1.807, 2.05) is 13.8 Å². The third-order valence-corrected chi connectivity index (χ3v) is 11.9. The second kappa shape index (κ2) is 9.50. The lowest BCUT2D eigenvalue weighted by Crippen LogP contribution is -2.78. The molecule has 0 unspecified atom stereocenters. The molecule has 4 saturated carbocycles. The van der Waals surface area contributed by atoms with Crippen molar-refractivity contribution in [2.45, 2.75) is 93.5 Å². The van der Waals surface area contributed by atoms with Crippen LogP contribution in [0.4, 0.5) is 17.6 Å². The minimum absolute atomic E-state index is 0.0468. The van der Waals surface area contributed by atoms with Gasteiger partial charge in [-0.2, -0.15) is 17.5 Å². The Labute approximate surface area is 247 Å². The van der Waals surface area contributed by atoms with Crippen LogP contribution in [-0.4, -0.2) is 47.6 Å². The summed E-state index contributed by atoms with van der Waals surface area (Å²) in [5.74, 6) is -0.345. The van der Waals surface area contributed by atoms with Crippen LogP contribution in [0.15, 0.2) is 58.4 Å². The molecule has 226 valence electrons. The topological polar surface area (TPSA) is 78.8 Å². The number of alkyl halides is 3. The van der Waals surface area contributed by atoms with Crippen molar-refractivity contribution in [3.8, 4) is 0 Å². The zero-order chi connectivity index (χ0) is 30.3. The van der Waals surface area contributed by atoms with Gasteiger partial charge in [-0.15, -0.1) is 0 Å². The zero-order valence-electron chi connectivity index (χ0n) is 23.3. The Kier molecular flexibility index (Phi) is 6.69. The molecule has 0 radical (unpaired) electrons. The van der Waals surface area contributed by atoms with Crippen LogP contribution in [0.1, 0.15) is 64.4 Å². The predicted molar refractivity (Wildman–Crippen MR) is 150 cm³/mol. The van der Waals surface area contributed by atoms with Gasteiger partial charge in [-0.1, -0.05) is 35.9 Å². The number of benzene rings is 2. The van der Waals surface area contributed by atoms with Crippen LogP contribution in [-0.2, 0) is 21.4 Å². The number of carbonyl (C=O) groups is 1. The Morgan fingerprint density at radius 3 is 2.31 bits per heavy atom. The smallest absolute Gasteiger partial charge is 0.366 e. The van der Waals surface area contributed by atoms with Gasteiger partial charge in [0.2, 0.25) is 10.0 Å². The normalized spacial score (nSPS) is 28.9. The summed E-state index contributed by atoms with van der Waals surface area (Å²) >= 11 is 5.85. The number of rotatable bonds is 10. The molecule has 2 aromatic carbocycles. The molecule has 0 saturated heterocycles. The van der Waals surface area contributed by atoms with Crippen LogP contribution in [0.25, 0.3) is 0 Å². The van der Waals surface area contributed by atoms with Crippen molar-refractivity contribution in [2.24, 2.45) is 15.8 Å². The van der Waals surface area contributed by atoms with Gasteiger partial charge in [0.25, 0.3) is 0 Å². The molecule has 0 aromatic heterocycles. The molecule has 1 heterocycles. The first-order valence-corrected chi connectivity index (χ1v) is 15.8. The number of carbonyl (C=O) groups excluding carboxylic acids is 1. The summed E-state index contributed by atoms with van der Waals surface area (Å²) in [6.07, 6.45) is -3.23. The highest BCUT2D eigenvalue weighted by molar-refractivity contribution is 7.89. The lowest BCUT2D eigenvalue weighted by molar-refractivity contribution is -0.189. The number of nitrogens with one attached hydrogen (secondary N) is 1. The fraction of sp³-hybridized carbons (Fsp3) is 0.533. The zero-order valence-corrected chi connectivity index (χ0v) is 24.8. The molecule has 5 aliphatic rings. The number of hydrogen-bond donors (Lipinski definition) is 1. The van der Waals surface area contributed by atoms with Crippen molar-refractivity contribution in [3.63, 3.8) is 0 Å². The van der Waals surface area contributed by atoms with Gasteiger partial charge in [-0.3, -0.25) is 9.79 Å². The fourth-order valence-electron chi connectivity index (χ4n) is 7.05. The van der Waals surface area contributed by atoms with Gasteiger partial charge in [-0.25, -0.2) is 12.8 Å². The van der Waals surface area contributed by atoms with Crippen LogP contribution in [0, 0.1) is 16.6 Å². The highest BCUT2D eigenvalue weighted by Gasteiger charge is 2.75. The number of nitrogens with zero attached hydrogens (tertiary/aromatic N) is 2. The van der Waals surface area contributed by atoms with Crippen molar-refractivity contribution in [1.29, 1.82) is 0 Å². The van der Waals surface area contributed by atoms with Gasteiger partial charge in [0.05, 0.1) is 20.9 Å². The summed E-state index contributed by atoms with van der Waals surface area (Å²) in [6.45, 7) is 3.57. The van der Waals surface area contributed by atoms with Crippen molar-refractivity contribution in [1.82, 2.24) is 9.62 Å². The van der Waals surface area contributed by atoms with E-state index < -0.39 is 50.0 Å². The Morgan fingerprint density at radius 2 is 1.74 bits per heavy atom. The molecule has 6 nitrogen and oxygen atoms in total. The lowest BCUT2D eigenvalue weighted by Gasteiger charge is -2.73. The molecule has 1 N–H and O–H groups in total. The van der Waals surface area contributed by atoms with Crippen molar-refractivity contribution < 1.29 is 30.8 Å². The highest BCUT2D eigenvalue weighted by atomic mass is 35.5. The third kappa shape index (κ3) is 4.66. The summed E-state index contributed by atoms with van der Waals surface area (Å²) in [6, 6.07) is 11.5. The van der Waals surface area contributed by atoms with E-state index in [0.717, 1.165) is 0 Å². The molecule has 7 rings (SSSR count). The lowest BCUT2D eigenvalue weighted by atomic mass is 9.38. The second-order valence-corrected chi connectivity index (χ2v) is 15.3. The average molecular weight is 626 g/mol. The molecule has 0 amide bonds. The van der Waals surface area contributed by atoms with E-state index in [9.17, 15) is 30.8 Å². The summed E-state index contributed by atoms with van der Waals surface area (Å²) < 4.78 is 83.7. The minimum Gasteiger partial charge on any atom is -0.366 e. The molecule has 12 heteroatoms. The maximum atomic E-state index is 14.3. The maximum Gasteiger partial charge on any atom is 0.394 e. The van der Waals surface area contributed by atoms with Gasteiger partial charge in [0, 0.05) is 23.9 Å². The number of hydrogen-bond acceptors (Lipinski definition) is 5. The van der Waals surface area contributed by atoms with Crippen LogP contribution in [0.3, 0.4) is 0 Å². The summed E-state index contributed by atoms with van der Waals surface area (Å²) in [5, 5.41) is 3.30. The van der Waals surface area contributed by atoms with E-state index >= 15 is 0 Å². The molecule has 4 fully saturated rings. The second-order valence-electron chi connectivity index (χ2n) is 13.1. The average Bonchev–Trinajstić information content (AvgIpc) is 3.61. The Hall–Kier alpha value is -2.50. The highest BCUT2D eigenvalue weighted by Crippen LogP contribution is 2.71. The molecular formula is C30H32ClF4N3O3S. The molecule has 2 aromatic rings. The van der Waals surface area contributed by atoms with Gasteiger partial charge < -0.3 is 5.32 Å². The predicted octanol–water partition coefficient (Wildman–Crippen LogP) is 6.43. The Balaban J connectivity index is 1.21. The fourth-order valence-corrected chi connectivity index (χ4v) is 8.94. The number of halogens is 5. The third-order valence-electron chi connectivity index (χ3n) is 9.67. The van der Waals surface area contributed by atoms with Crippen molar-refractivity contribution >= 4 is 33.2 Å². The number of sulfonamides is 1. The molecule has 0 spiro atoms. The number of aliphatic imine (C=N–C) groups is 1. The van der Waals surface area contributed by atoms with E-state index in [1.54, 1.807) is 24.3 Å². The van der Waals surface area contributed by atoms with Crippen LogP contribution in [0.5, 0.6) is 0 Å². The number of ketones is 1. The van der Waals surface area contributed by atoms with Crippen molar-refractivity contribution in [2.75, 3.05) is 0 Å². The number of amidine groups is 1. The summed E-state index contributed by atoms with van der Waals surface area (Å²) in [5.41, 5.74) is -3.23. The summed E-state index contributed by atoms with van der Waals surface area (Å²) in [4.78, 5) is 18.0. The van der Waals surface area contributed by atoms with E-state index in [2.05, 4.69) is 5.32 Å². The van der Waals surface area contributed by atoms with E-state index in [4.69, 9.17) is 16.6 Å². The van der Waals surface area contributed by atoms with E-state index in [-0.39, 0.29) is 47.9 Å². The van der Waals surface area contributed by atoms with Crippen LogP contribution in [0.2, 0.25) is 5.02 Å². The first-order valence-electron chi connectivity index (χ1n) is 14.0. The van der Waals surface area contributed by atoms with Crippen LogP contribution >= 0.6 is 11.6 Å². The minimum atomic E-state index is -4.31. The first kappa shape index (κ1) is 29.6. The first-order chi connectivity index (χ1) is 19.5. The van der Waals surface area contributed by atoms with Gasteiger partial charge in [-0.05, 0) is 82.2 Å². The Bertz CT molecular complexity index is 1550. The van der Waals surface area contributed by atoms with Gasteiger partial charge >= 0.3 is 6.18 Å². The molecule has 2 bridgehead atoms. The molecule has 1 aliphatic heterocycles. The van der Waals surface area contributed by atoms with Crippen LogP contribution < -0.4 is 5.32 Å². The SMILES string of the molecule is CC1(C)NC(C23CC(N(Cc4ccc(Cl)c(F)c4)S(=O)(=O)c4ccccc4)(C2)C3)=N[C@H]1C(=O)CCC1(C(F)(F)F)CC1. The maximum absolute atomic E-state index is 14.3. The standard InChI is InChI=1S/C30H32ClF4N3O3S/c1-26(2)24(23(39)10-11-28(12-13-28)30(33,34)35)36-25(37-26)27-16-29(17-27,18-27)38(15-19-8-9-21(31)22(32)14-19)42(40,41)20-6-4-3-5-7-20/h3-9,14,24H,10-13,15-18H2,1-2H3,(H,36,37)/t24-,27?,29?/m0/s1. The molecular weight excluding hydrogens is 594 g/mol. The molecule has 1 atom stereocenters. The molecule has 4 aliphatic carbocycles. The Morgan fingerprint density at radius 1 is 1.10 bits per heavy atom. The van der Waals surface area contributed by atoms with Crippen molar-refractivity contribution in [3.05, 3.63) is 64.9 Å². The van der Waals surface area contributed by atoms with E-state index in [1.165, 1.54) is 28.6 Å². The van der Waals surface area contributed by atoms with Gasteiger partial charge in [0.15, 0.2) is 5.78 Å². The molecule has 42 heavy (non-hydrogen) atoms. The quantitative estimate of drug-likeness (QED) is 0.309. The monoisotopic (exact) mass is 625 g/mol. The van der Waals surface area contributed by atoms with Gasteiger partial charge in [0.1, 0.15) is 17.7 Å². The largest absolute Gasteiger partial charge is 0.394 e. The summed E-state index contributed by atoms with van der Waals surface area (Å²) in [7, 11) is -3.96. The number of Topliss-reactive ketones (excluding diaryl/α,β-unsaturated/α-hetero) is 1.